The van der Waals surface area contributed by atoms with Crippen LogP contribution in [0.2, 0.25) is 0 Å². The van der Waals surface area contributed by atoms with Crippen molar-refractivity contribution >= 4 is 16.7 Å². The first-order valence-corrected chi connectivity index (χ1v) is 13.2. The molecule has 0 radical (unpaired) electrons. The molecule has 0 saturated heterocycles. The Labute approximate surface area is 217 Å². The zero-order valence-corrected chi connectivity index (χ0v) is 21.7. The minimum atomic E-state index is -0.113. The Morgan fingerprint density at radius 2 is 1.70 bits per heavy atom. The van der Waals surface area contributed by atoms with Crippen molar-refractivity contribution in [3.8, 4) is 5.69 Å². The minimum absolute atomic E-state index is 0.0871. The topological polar surface area (TPSA) is 72.2 Å². The molecule has 37 heavy (non-hydrogen) atoms. The smallest absolute Gasteiger partial charge is 0.281 e. The van der Waals surface area contributed by atoms with Crippen molar-refractivity contribution in [1.82, 2.24) is 24.6 Å². The Morgan fingerprint density at radius 1 is 0.946 bits per heavy atom. The van der Waals surface area contributed by atoms with E-state index < -0.39 is 0 Å². The molecule has 0 aliphatic carbocycles. The van der Waals surface area contributed by atoms with Gasteiger partial charge in [0.25, 0.3) is 5.56 Å². The van der Waals surface area contributed by atoms with Crippen LogP contribution in [0.4, 0.5) is 0 Å². The first kappa shape index (κ1) is 25.0. The molecular weight excluding hydrogens is 462 g/mol. The first-order chi connectivity index (χ1) is 18.0. The van der Waals surface area contributed by atoms with Crippen LogP contribution in [-0.4, -0.2) is 44.8 Å². The lowest BCUT2D eigenvalue weighted by Crippen LogP contribution is -2.33. The highest BCUT2D eigenvalue weighted by molar-refractivity contribution is 5.87. The SMILES string of the molecule is Cc1c2cnn(-c3ccccc3)c(=O)c2c(C)n1CCCC(=O)NCCCN1CCc2ccccc2C1. The fourth-order valence-corrected chi connectivity index (χ4v) is 5.46. The molecule has 2 aromatic heterocycles. The predicted octanol–water partition coefficient (Wildman–Crippen LogP) is 4.15. The van der Waals surface area contributed by atoms with Crippen LogP contribution >= 0.6 is 0 Å². The number of para-hydroxylation sites is 1. The number of benzene rings is 2. The number of rotatable bonds is 9. The van der Waals surface area contributed by atoms with Crippen molar-refractivity contribution in [2.45, 2.75) is 52.6 Å². The molecule has 7 heteroatoms. The van der Waals surface area contributed by atoms with Crippen LogP contribution in [0.1, 0.15) is 41.8 Å². The average molecular weight is 498 g/mol. The van der Waals surface area contributed by atoms with Crippen LogP contribution in [0.5, 0.6) is 0 Å². The molecule has 0 unspecified atom stereocenters. The fraction of sp³-hybridized carbons (Fsp3) is 0.367. The molecule has 0 bridgehead atoms. The second kappa shape index (κ2) is 11.1. The molecule has 7 nitrogen and oxygen atoms in total. The summed E-state index contributed by atoms with van der Waals surface area (Å²) in [5.41, 5.74) is 5.47. The molecule has 5 rings (SSSR count). The molecular formula is C30H35N5O2. The number of fused-ring (bicyclic) bond motifs is 2. The average Bonchev–Trinajstić information content (AvgIpc) is 3.17. The maximum Gasteiger partial charge on any atom is 0.281 e. The Bertz CT molecular complexity index is 1450. The number of aryl methyl sites for hydroxylation is 2. The Balaban J connectivity index is 1.12. The monoisotopic (exact) mass is 497 g/mol. The molecule has 0 fully saturated rings. The molecule has 0 atom stereocenters. The number of hydrogen-bond donors (Lipinski definition) is 1. The standard InChI is InChI=1S/C30H35N5O2/c1-22-27-20-32-35(26-12-4-3-5-13-26)30(37)29(27)23(2)34(22)18-8-14-28(36)31-16-9-17-33-19-15-24-10-6-7-11-25(24)21-33/h3-7,10-13,20H,8-9,14-19,21H2,1-2H3,(H,31,36). The number of nitrogens with one attached hydrogen (secondary N) is 1. The first-order valence-electron chi connectivity index (χ1n) is 13.2. The molecule has 0 saturated carbocycles. The number of hydrogen-bond acceptors (Lipinski definition) is 4. The van der Waals surface area contributed by atoms with Crippen LogP contribution in [-0.2, 0) is 24.3 Å². The zero-order chi connectivity index (χ0) is 25.8. The molecule has 0 spiro atoms. The summed E-state index contributed by atoms with van der Waals surface area (Å²) in [4.78, 5) is 28.2. The van der Waals surface area contributed by atoms with E-state index in [4.69, 9.17) is 0 Å². The van der Waals surface area contributed by atoms with Gasteiger partial charge in [0.2, 0.25) is 5.91 Å². The number of carbonyl (C=O) groups is 1. The van der Waals surface area contributed by atoms with Gasteiger partial charge >= 0.3 is 0 Å². The third kappa shape index (κ3) is 5.37. The van der Waals surface area contributed by atoms with Gasteiger partial charge < -0.3 is 9.88 Å². The van der Waals surface area contributed by atoms with E-state index >= 15 is 0 Å². The summed E-state index contributed by atoms with van der Waals surface area (Å²) >= 11 is 0. The summed E-state index contributed by atoms with van der Waals surface area (Å²) in [5, 5.41) is 9.06. The molecule has 1 N–H and O–H groups in total. The zero-order valence-electron chi connectivity index (χ0n) is 21.7. The van der Waals surface area contributed by atoms with Gasteiger partial charge in [-0.2, -0.15) is 9.78 Å². The summed E-state index contributed by atoms with van der Waals surface area (Å²) in [7, 11) is 0. The largest absolute Gasteiger partial charge is 0.356 e. The van der Waals surface area contributed by atoms with E-state index in [1.165, 1.54) is 15.8 Å². The van der Waals surface area contributed by atoms with Crippen molar-refractivity contribution in [3.63, 3.8) is 0 Å². The van der Waals surface area contributed by atoms with Crippen LogP contribution < -0.4 is 10.9 Å². The van der Waals surface area contributed by atoms with Crippen molar-refractivity contribution in [1.29, 1.82) is 0 Å². The van der Waals surface area contributed by atoms with Crippen molar-refractivity contribution < 1.29 is 4.79 Å². The van der Waals surface area contributed by atoms with E-state index in [1.54, 1.807) is 6.20 Å². The Morgan fingerprint density at radius 3 is 2.51 bits per heavy atom. The fourth-order valence-electron chi connectivity index (χ4n) is 5.46. The van der Waals surface area contributed by atoms with Crippen LogP contribution in [0, 0.1) is 13.8 Å². The quantitative estimate of drug-likeness (QED) is 0.353. The van der Waals surface area contributed by atoms with Gasteiger partial charge in [0.1, 0.15) is 0 Å². The van der Waals surface area contributed by atoms with Crippen molar-refractivity contribution in [3.05, 3.63) is 93.7 Å². The lowest BCUT2D eigenvalue weighted by atomic mass is 10.00. The summed E-state index contributed by atoms with van der Waals surface area (Å²) < 4.78 is 3.60. The van der Waals surface area contributed by atoms with Gasteiger partial charge in [0.15, 0.2) is 0 Å². The van der Waals surface area contributed by atoms with Gasteiger partial charge in [-0.15, -0.1) is 0 Å². The van der Waals surface area contributed by atoms with E-state index in [-0.39, 0.29) is 11.5 Å². The normalized spacial score (nSPS) is 13.6. The number of nitrogens with zero attached hydrogens (tertiary/aromatic N) is 4. The number of carbonyl (C=O) groups excluding carboxylic acids is 1. The third-order valence-electron chi connectivity index (χ3n) is 7.51. The van der Waals surface area contributed by atoms with Crippen LogP contribution in [0.25, 0.3) is 16.5 Å². The highest BCUT2D eigenvalue weighted by atomic mass is 16.1. The highest BCUT2D eigenvalue weighted by Gasteiger charge is 2.17. The molecule has 4 aromatic rings. The molecule has 2 aromatic carbocycles. The van der Waals surface area contributed by atoms with Crippen molar-refractivity contribution in [2.75, 3.05) is 19.6 Å². The lowest BCUT2D eigenvalue weighted by molar-refractivity contribution is -0.121. The van der Waals surface area contributed by atoms with Gasteiger partial charge in [-0.1, -0.05) is 42.5 Å². The lowest BCUT2D eigenvalue weighted by Gasteiger charge is -2.28. The van der Waals surface area contributed by atoms with Gasteiger partial charge in [-0.25, -0.2) is 0 Å². The van der Waals surface area contributed by atoms with Gasteiger partial charge in [0.05, 0.1) is 17.3 Å². The van der Waals surface area contributed by atoms with E-state index in [1.807, 2.05) is 44.2 Å². The van der Waals surface area contributed by atoms with Crippen LogP contribution in [0.3, 0.4) is 0 Å². The third-order valence-corrected chi connectivity index (χ3v) is 7.51. The molecule has 192 valence electrons. The van der Waals surface area contributed by atoms with Gasteiger partial charge in [-0.3, -0.25) is 14.5 Å². The number of amides is 1. The molecule has 1 aliphatic rings. The Kier molecular flexibility index (Phi) is 7.51. The molecule has 3 heterocycles. The second-order valence-corrected chi connectivity index (χ2v) is 9.91. The summed E-state index contributed by atoms with van der Waals surface area (Å²) in [6.07, 6.45) is 5.02. The predicted molar refractivity (Wildman–Crippen MR) is 147 cm³/mol. The minimum Gasteiger partial charge on any atom is -0.356 e. The van der Waals surface area contributed by atoms with Crippen LogP contribution in [0.15, 0.2) is 65.6 Å². The summed E-state index contributed by atoms with van der Waals surface area (Å²) in [6.45, 7) is 8.47. The second-order valence-electron chi connectivity index (χ2n) is 9.91. The number of aromatic nitrogens is 3. The maximum atomic E-state index is 13.2. The summed E-state index contributed by atoms with van der Waals surface area (Å²) in [5.74, 6) is 0.0871. The van der Waals surface area contributed by atoms with E-state index in [2.05, 4.69) is 44.1 Å². The van der Waals surface area contributed by atoms with E-state index in [0.717, 1.165) is 61.4 Å². The van der Waals surface area contributed by atoms with Gasteiger partial charge in [-0.05, 0) is 56.4 Å². The summed E-state index contributed by atoms with van der Waals surface area (Å²) in [6, 6.07) is 18.1. The van der Waals surface area contributed by atoms with E-state index in [0.29, 0.717) is 24.9 Å². The van der Waals surface area contributed by atoms with E-state index in [9.17, 15) is 9.59 Å². The molecule has 1 aliphatic heterocycles. The highest BCUT2D eigenvalue weighted by Crippen LogP contribution is 2.23. The van der Waals surface area contributed by atoms with Gasteiger partial charge in [0, 0.05) is 55.9 Å². The maximum absolute atomic E-state index is 13.2. The van der Waals surface area contributed by atoms with Crippen molar-refractivity contribution in [2.24, 2.45) is 0 Å². The molecule has 1 amide bonds. The Hall–Kier alpha value is -3.71.